The molecule has 7 nitrogen and oxygen atoms in total. The van der Waals surface area contributed by atoms with Crippen LogP contribution in [0, 0.1) is 11.8 Å². The van der Waals surface area contributed by atoms with Crippen molar-refractivity contribution in [1.82, 2.24) is 15.1 Å². The van der Waals surface area contributed by atoms with Crippen LogP contribution >= 0.6 is 0 Å². The molecule has 0 aromatic carbocycles. The first kappa shape index (κ1) is 17.4. The van der Waals surface area contributed by atoms with Crippen LogP contribution in [-0.2, 0) is 19.1 Å². The summed E-state index contributed by atoms with van der Waals surface area (Å²) in [5.41, 5.74) is 0. The number of likely N-dealkylation sites (tertiary alicyclic amines) is 1. The zero-order valence-electron chi connectivity index (χ0n) is 14.2. The van der Waals surface area contributed by atoms with Crippen LogP contribution in [0.1, 0.15) is 32.1 Å². The van der Waals surface area contributed by atoms with Crippen molar-refractivity contribution < 1.29 is 19.1 Å². The second kappa shape index (κ2) is 8.07. The van der Waals surface area contributed by atoms with Crippen molar-refractivity contribution in [3.8, 4) is 0 Å². The number of hydrogen-bond donors (Lipinski definition) is 1. The van der Waals surface area contributed by atoms with E-state index in [1.165, 1.54) is 4.90 Å². The Bertz CT molecular complexity index is 466. The minimum Gasteiger partial charge on any atom is -0.379 e. The largest absolute Gasteiger partial charge is 0.379 e. The highest BCUT2D eigenvalue weighted by Crippen LogP contribution is 2.37. The lowest BCUT2D eigenvalue weighted by Crippen LogP contribution is -2.42. The number of nitrogens with zero attached hydrogens (tertiary/aromatic N) is 2. The van der Waals surface area contributed by atoms with Crippen LogP contribution < -0.4 is 5.32 Å². The number of amides is 3. The third kappa shape index (κ3) is 3.95. The van der Waals surface area contributed by atoms with E-state index < -0.39 is 0 Å². The molecule has 134 valence electrons. The SMILES string of the molecule is O=C(CCN1C(=O)[C@H]2CCCC[C@@H]2C1=O)NCCN1CCOCC1. The normalized spacial score (nSPS) is 28.1. The van der Waals surface area contributed by atoms with Crippen LogP contribution in [0.15, 0.2) is 0 Å². The average Bonchev–Trinajstić information content (AvgIpc) is 2.85. The van der Waals surface area contributed by atoms with Crippen LogP contribution in [0.25, 0.3) is 0 Å². The van der Waals surface area contributed by atoms with Gasteiger partial charge in [0, 0.05) is 39.1 Å². The molecule has 7 heteroatoms. The van der Waals surface area contributed by atoms with Crippen LogP contribution in [0.3, 0.4) is 0 Å². The number of hydrogen-bond acceptors (Lipinski definition) is 5. The van der Waals surface area contributed by atoms with Crippen molar-refractivity contribution in [1.29, 1.82) is 0 Å². The van der Waals surface area contributed by atoms with Gasteiger partial charge in [-0.3, -0.25) is 24.2 Å². The molecule has 0 aromatic heterocycles. The summed E-state index contributed by atoms with van der Waals surface area (Å²) in [4.78, 5) is 40.2. The Morgan fingerprint density at radius 1 is 1.04 bits per heavy atom. The molecule has 3 aliphatic rings. The highest BCUT2D eigenvalue weighted by Gasteiger charge is 2.47. The Kier molecular flexibility index (Phi) is 5.84. The molecule has 2 atom stereocenters. The fourth-order valence-electron chi connectivity index (χ4n) is 3.93. The standard InChI is InChI=1S/C17H27N3O4/c21-15(18-6-8-19-9-11-24-12-10-19)5-7-20-16(22)13-3-1-2-4-14(13)17(20)23/h13-14H,1-12H2,(H,18,21)/t13-,14-/m0/s1. The van der Waals surface area contributed by atoms with Crippen LogP contribution in [0.4, 0.5) is 0 Å². The third-order valence-electron chi connectivity index (χ3n) is 5.35. The smallest absolute Gasteiger partial charge is 0.233 e. The second-order valence-electron chi connectivity index (χ2n) is 6.88. The molecule has 1 aliphatic carbocycles. The predicted octanol–water partition coefficient (Wildman–Crippen LogP) is 0.000100. The van der Waals surface area contributed by atoms with Crippen molar-refractivity contribution in [3.05, 3.63) is 0 Å². The highest BCUT2D eigenvalue weighted by atomic mass is 16.5. The molecule has 3 amide bonds. The summed E-state index contributed by atoms with van der Waals surface area (Å²) in [5, 5.41) is 2.88. The van der Waals surface area contributed by atoms with Crippen molar-refractivity contribution in [2.45, 2.75) is 32.1 Å². The Hall–Kier alpha value is -1.47. The molecule has 0 spiro atoms. The Labute approximate surface area is 142 Å². The maximum atomic E-state index is 12.3. The van der Waals surface area contributed by atoms with Crippen LogP contribution in [0.2, 0.25) is 0 Å². The number of nitrogens with one attached hydrogen (secondary N) is 1. The lowest BCUT2D eigenvalue weighted by Gasteiger charge is -2.26. The van der Waals surface area contributed by atoms with Gasteiger partial charge in [-0.25, -0.2) is 0 Å². The number of carbonyl (C=O) groups is 3. The molecular weight excluding hydrogens is 310 g/mol. The molecule has 2 heterocycles. The first-order valence-electron chi connectivity index (χ1n) is 9.09. The number of imide groups is 1. The van der Waals surface area contributed by atoms with Gasteiger partial charge in [-0.05, 0) is 12.8 Å². The van der Waals surface area contributed by atoms with Gasteiger partial charge in [0.2, 0.25) is 17.7 Å². The van der Waals surface area contributed by atoms with Gasteiger partial charge in [0.15, 0.2) is 0 Å². The summed E-state index contributed by atoms with van der Waals surface area (Å²) < 4.78 is 5.28. The molecule has 3 fully saturated rings. The van der Waals surface area contributed by atoms with E-state index in [2.05, 4.69) is 10.2 Å². The van der Waals surface area contributed by atoms with E-state index in [1.807, 2.05) is 0 Å². The zero-order chi connectivity index (χ0) is 16.9. The van der Waals surface area contributed by atoms with Crippen LogP contribution in [0.5, 0.6) is 0 Å². The summed E-state index contributed by atoms with van der Waals surface area (Å²) in [6.07, 6.45) is 3.88. The van der Waals surface area contributed by atoms with Gasteiger partial charge < -0.3 is 10.1 Å². The topological polar surface area (TPSA) is 79.0 Å². The molecule has 0 aromatic rings. The van der Waals surface area contributed by atoms with E-state index in [9.17, 15) is 14.4 Å². The van der Waals surface area contributed by atoms with E-state index >= 15 is 0 Å². The number of ether oxygens (including phenoxy) is 1. The minimum absolute atomic E-state index is 0.0641. The summed E-state index contributed by atoms with van der Waals surface area (Å²) in [6.45, 7) is 4.90. The molecule has 0 bridgehead atoms. The van der Waals surface area contributed by atoms with Crippen molar-refractivity contribution in [3.63, 3.8) is 0 Å². The van der Waals surface area contributed by atoms with E-state index in [0.717, 1.165) is 58.5 Å². The fraction of sp³-hybridized carbons (Fsp3) is 0.824. The average molecular weight is 337 g/mol. The minimum atomic E-state index is -0.129. The maximum absolute atomic E-state index is 12.3. The molecular formula is C17H27N3O4. The van der Waals surface area contributed by atoms with E-state index in [4.69, 9.17) is 4.74 Å². The van der Waals surface area contributed by atoms with Gasteiger partial charge >= 0.3 is 0 Å². The molecule has 0 unspecified atom stereocenters. The summed E-state index contributed by atoms with van der Waals surface area (Å²) >= 11 is 0. The predicted molar refractivity (Wildman–Crippen MR) is 87.1 cm³/mol. The molecule has 3 rings (SSSR count). The van der Waals surface area contributed by atoms with Gasteiger partial charge in [-0.15, -0.1) is 0 Å². The van der Waals surface area contributed by atoms with Crippen molar-refractivity contribution >= 4 is 17.7 Å². The lowest BCUT2D eigenvalue weighted by molar-refractivity contribution is -0.140. The number of carbonyl (C=O) groups excluding carboxylic acids is 3. The first-order chi connectivity index (χ1) is 11.7. The lowest BCUT2D eigenvalue weighted by atomic mass is 9.81. The molecule has 2 saturated heterocycles. The van der Waals surface area contributed by atoms with Crippen molar-refractivity contribution in [2.75, 3.05) is 45.9 Å². The van der Waals surface area contributed by atoms with Gasteiger partial charge in [-0.1, -0.05) is 12.8 Å². The highest BCUT2D eigenvalue weighted by molar-refractivity contribution is 6.05. The van der Waals surface area contributed by atoms with Crippen LogP contribution in [-0.4, -0.2) is 73.5 Å². The first-order valence-corrected chi connectivity index (χ1v) is 9.09. The zero-order valence-corrected chi connectivity index (χ0v) is 14.2. The Balaban J connectivity index is 1.38. The summed E-state index contributed by atoms with van der Waals surface area (Å²) in [5.74, 6) is -0.485. The number of rotatable bonds is 6. The van der Waals surface area contributed by atoms with Crippen molar-refractivity contribution in [2.24, 2.45) is 11.8 Å². The Morgan fingerprint density at radius 2 is 1.67 bits per heavy atom. The second-order valence-corrected chi connectivity index (χ2v) is 6.88. The monoisotopic (exact) mass is 337 g/mol. The molecule has 0 radical (unpaired) electrons. The van der Waals surface area contributed by atoms with E-state index in [1.54, 1.807) is 0 Å². The number of fused-ring (bicyclic) bond motifs is 1. The van der Waals surface area contributed by atoms with Gasteiger partial charge in [0.05, 0.1) is 25.0 Å². The molecule has 2 aliphatic heterocycles. The fourth-order valence-corrected chi connectivity index (χ4v) is 3.93. The molecule has 24 heavy (non-hydrogen) atoms. The molecule has 1 N–H and O–H groups in total. The van der Waals surface area contributed by atoms with E-state index in [0.29, 0.717) is 6.54 Å². The van der Waals surface area contributed by atoms with E-state index in [-0.39, 0.29) is 42.5 Å². The Morgan fingerprint density at radius 3 is 2.29 bits per heavy atom. The van der Waals surface area contributed by atoms with Gasteiger partial charge in [-0.2, -0.15) is 0 Å². The maximum Gasteiger partial charge on any atom is 0.233 e. The summed E-state index contributed by atoms with van der Waals surface area (Å²) in [7, 11) is 0. The van der Waals surface area contributed by atoms with Gasteiger partial charge in [0.25, 0.3) is 0 Å². The molecule has 1 saturated carbocycles. The summed E-state index contributed by atoms with van der Waals surface area (Å²) in [6, 6.07) is 0. The number of morpholine rings is 1. The van der Waals surface area contributed by atoms with Gasteiger partial charge in [0.1, 0.15) is 0 Å². The third-order valence-corrected chi connectivity index (χ3v) is 5.35. The quantitative estimate of drug-likeness (QED) is 0.690.